The van der Waals surface area contributed by atoms with Crippen molar-refractivity contribution >= 4 is 29.6 Å². The van der Waals surface area contributed by atoms with E-state index in [2.05, 4.69) is 5.32 Å². The van der Waals surface area contributed by atoms with Crippen LogP contribution in [-0.4, -0.2) is 46.6 Å². The zero-order valence-electron chi connectivity index (χ0n) is 14.8. The van der Waals surface area contributed by atoms with Crippen LogP contribution in [0.3, 0.4) is 0 Å². The second-order valence-corrected chi connectivity index (χ2v) is 7.04. The molecule has 2 amide bonds. The van der Waals surface area contributed by atoms with Gasteiger partial charge in [-0.2, -0.15) is 0 Å². The van der Waals surface area contributed by atoms with Gasteiger partial charge in [-0.25, -0.2) is 9.59 Å². The number of carbonyl (C=O) groups is 3. The van der Waals surface area contributed by atoms with E-state index < -0.39 is 30.1 Å². The van der Waals surface area contributed by atoms with Crippen molar-refractivity contribution in [1.82, 2.24) is 10.2 Å². The first kappa shape index (κ1) is 20.0. The van der Waals surface area contributed by atoms with Gasteiger partial charge in [-0.15, -0.1) is 0 Å². The smallest absolute Gasteiger partial charge is 0.408 e. The number of amides is 2. The van der Waals surface area contributed by atoms with E-state index in [1.165, 1.54) is 4.90 Å². The molecule has 0 bridgehead atoms. The fourth-order valence-corrected chi connectivity index (χ4v) is 3.14. The Bertz CT molecular complexity index is 679. The van der Waals surface area contributed by atoms with E-state index in [4.69, 9.17) is 16.3 Å². The third kappa shape index (κ3) is 5.11. The molecule has 0 aromatic heterocycles. The third-order valence-corrected chi connectivity index (χ3v) is 4.52. The number of carboxylic acids is 1. The summed E-state index contributed by atoms with van der Waals surface area (Å²) in [5, 5.41) is 12.3. The van der Waals surface area contributed by atoms with Crippen LogP contribution in [-0.2, 0) is 20.9 Å². The molecule has 1 aliphatic heterocycles. The van der Waals surface area contributed by atoms with E-state index in [9.17, 15) is 19.5 Å². The van der Waals surface area contributed by atoms with Gasteiger partial charge in [0.25, 0.3) is 0 Å². The summed E-state index contributed by atoms with van der Waals surface area (Å²) in [7, 11) is 0. The first-order valence-electron chi connectivity index (χ1n) is 8.50. The molecule has 7 nitrogen and oxygen atoms in total. The average Bonchev–Trinajstić information content (AvgIpc) is 3.07. The molecule has 142 valence electrons. The number of benzene rings is 1. The molecular formula is C18H23ClN2O5. The van der Waals surface area contributed by atoms with Crippen LogP contribution < -0.4 is 5.32 Å². The minimum atomic E-state index is -1.03. The lowest BCUT2D eigenvalue weighted by Gasteiger charge is -2.29. The first-order chi connectivity index (χ1) is 12.3. The Balaban J connectivity index is 1.97. The van der Waals surface area contributed by atoms with E-state index in [0.717, 1.165) is 5.56 Å². The van der Waals surface area contributed by atoms with Crippen molar-refractivity contribution in [2.75, 3.05) is 6.54 Å². The van der Waals surface area contributed by atoms with E-state index in [1.807, 2.05) is 0 Å². The van der Waals surface area contributed by atoms with Crippen LogP contribution >= 0.6 is 11.6 Å². The summed E-state index contributed by atoms with van der Waals surface area (Å²) >= 11 is 5.89. The Morgan fingerprint density at radius 3 is 2.73 bits per heavy atom. The van der Waals surface area contributed by atoms with Gasteiger partial charge in [0.15, 0.2) is 0 Å². The number of halogens is 1. The summed E-state index contributed by atoms with van der Waals surface area (Å²) in [5.41, 5.74) is 0.727. The van der Waals surface area contributed by atoms with Gasteiger partial charge in [0, 0.05) is 11.6 Å². The molecule has 0 aliphatic carbocycles. The highest BCUT2D eigenvalue weighted by atomic mass is 35.5. The monoisotopic (exact) mass is 382 g/mol. The molecule has 1 fully saturated rings. The molecular weight excluding hydrogens is 360 g/mol. The molecule has 1 heterocycles. The highest BCUT2D eigenvalue weighted by Gasteiger charge is 2.38. The lowest BCUT2D eigenvalue weighted by atomic mass is 10.0. The second kappa shape index (κ2) is 8.89. The molecule has 1 saturated heterocycles. The molecule has 1 aromatic rings. The largest absolute Gasteiger partial charge is 0.480 e. The molecule has 2 N–H and O–H groups in total. The topological polar surface area (TPSA) is 95.9 Å². The summed E-state index contributed by atoms with van der Waals surface area (Å²) < 4.78 is 5.16. The van der Waals surface area contributed by atoms with Crippen molar-refractivity contribution in [1.29, 1.82) is 0 Å². The fourth-order valence-electron chi connectivity index (χ4n) is 2.92. The summed E-state index contributed by atoms with van der Waals surface area (Å²) in [4.78, 5) is 37.5. The number of carbonyl (C=O) groups excluding carboxylic acids is 2. The molecule has 0 unspecified atom stereocenters. The van der Waals surface area contributed by atoms with Crippen molar-refractivity contribution in [2.24, 2.45) is 5.92 Å². The Labute approximate surface area is 157 Å². The minimum absolute atomic E-state index is 0.0207. The first-order valence-corrected chi connectivity index (χ1v) is 8.88. The lowest BCUT2D eigenvalue weighted by Crippen LogP contribution is -2.53. The van der Waals surface area contributed by atoms with Gasteiger partial charge in [-0.1, -0.05) is 37.6 Å². The maximum absolute atomic E-state index is 12.7. The average molecular weight is 383 g/mol. The highest BCUT2D eigenvalue weighted by Crippen LogP contribution is 2.20. The molecule has 0 saturated carbocycles. The minimum Gasteiger partial charge on any atom is -0.480 e. The van der Waals surface area contributed by atoms with E-state index >= 15 is 0 Å². The molecule has 2 atom stereocenters. The summed E-state index contributed by atoms with van der Waals surface area (Å²) in [6.45, 7) is 3.96. The van der Waals surface area contributed by atoms with Crippen molar-refractivity contribution in [3.05, 3.63) is 34.9 Å². The van der Waals surface area contributed by atoms with Gasteiger partial charge in [-0.05, 0) is 36.5 Å². The Morgan fingerprint density at radius 2 is 2.12 bits per heavy atom. The van der Waals surface area contributed by atoms with Crippen LogP contribution in [0.15, 0.2) is 24.3 Å². The van der Waals surface area contributed by atoms with Gasteiger partial charge in [0.05, 0.1) is 0 Å². The summed E-state index contributed by atoms with van der Waals surface area (Å²) in [6.07, 6.45) is 0.320. The van der Waals surface area contributed by atoms with E-state index in [1.54, 1.807) is 38.1 Å². The van der Waals surface area contributed by atoms with Crippen LogP contribution in [0.1, 0.15) is 32.3 Å². The molecule has 2 rings (SSSR count). The molecule has 1 aliphatic rings. The molecule has 8 heteroatoms. The fraction of sp³-hybridized carbons (Fsp3) is 0.500. The van der Waals surface area contributed by atoms with Gasteiger partial charge in [0.1, 0.15) is 18.7 Å². The Morgan fingerprint density at radius 1 is 1.38 bits per heavy atom. The van der Waals surface area contributed by atoms with Gasteiger partial charge >= 0.3 is 12.1 Å². The van der Waals surface area contributed by atoms with Gasteiger partial charge in [-0.3, -0.25) is 4.79 Å². The predicted molar refractivity (Wildman–Crippen MR) is 95.8 cm³/mol. The van der Waals surface area contributed by atoms with Crippen molar-refractivity contribution in [3.8, 4) is 0 Å². The Kier molecular flexibility index (Phi) is 6.85. The number of nitrogens with zero attached hydrogens (tertiary/aromatic N) is 1. The van der Waals surface area contributed by atoms with Crippen LogP contribution in [0.2, 0.25) is 5.02 Å². The van der Waals surface area contributed by atoms with Crippen LogP contribution in [0.4, 0.5) is 4.79 Å². The highest BCUT2D eigenvalue weighted by molar-refractivity contribution is 6.30. The molecule has 26 heavy (non-hydrogen) atoms. The number of rotatable bonds is 6. The SMILES string of the molecule is CC(C)[C@H](NC(=O)OCc1cccc(Cl)c1)C(=O)N1CCC[C@H]1C(=O)O. The maximum Gasteiger partial charge on any atom is 0.408 e. The van der Waals surface area contributed by atoms with E-state index in [0.29, 0.717) is 24.4 Å². The van der Waals surface area contributed by atoms with Crippen LogP contribution in [0.25, 0.3) is 0 Å². The number of alkyl carbamates (subject to hydrolysis) is 1. The zero-order valence-corrected chi connectivity index (χ0v) is 15.5. The van der Waals surface area contributed by atoms with E-state index in [-0.39, 0.29) is 12.5 Å². The summed E-state index contributed by atoms with van der Waals surface area (Å²) in [6, 6.07) is 5.23. The number of likely N-dealkylation sites (tertiary alicyclic amines) is 1. The molecule has 0 radical (unpaired) electrons. The van der Waals surface area contributed by atoms with Gasteiger partial charge < -0.3 is 20.1 Å². The van der Waals surface area contributed by atoms with Crippen molar-refractivity contribution in [2.45, 2.75) is 45.4 Å². The lowest BCUT2D eigenvalue weighted by molar-refractivity contribution is -0.149. The quantitative estimate of drug-likeness (QED) is 0.788. The second-order valence-electron chi connectivity index (χ2n) is 6.60. The molecule has 0 spiro atoms. The Hall–Kier alpha value is -2.28. The predicted octanol–water partition coefficient (Wildman–Crippen LogP) is 2.67. The normalized spacial score (nSPS) is 17.8. The van der Waals surface area contributed by atoms with Crippen LogP contribution in [0.5, 0.6) is 0 Å². The van der Waals surface area contributed by atoms with Crippen molar-refractivity contribution in [3.63, 3.8) is 0 Å². The number of aliphatic carboxylic acids is 1. The standard InChI is InChI=1S/C18H23ClN2O5/c1-11(2)15(16(22)21-8-4-7-14(21)17(23)24)20-18(25)26-10-12-5-3-6-13(19)9-12/h3,5-6,9,11,14-15H,4,7-8,10H2,1-2H3,(H,20,25)(H,23,24)/t14-,15-/m0/s1. The number of hydrogen-bond donors (Lipinski definition) is 2. The third-order valence-electron chi connectivity index (χ3n) is 4.29. The number of carboxylic acid groups (broad SMARTS) is 1. The van der Waals surface area contributed by atoms with Crippen LogP contribution in [0, 0.1) is 5.92 Å². The van der Waals surface area contributed by atoms with Gasteiger partial charge in [0.2, 0.25) is 5.91 Å². The molecule has 1 aromatic carbocycles. The number of ether oxygens (including phenoxy) is 1. The zero-order chi connectivity index (χ0) is 19.3. The summed E-state index contributed by atoms with van der Waals surface area (Å²) in [5.74, 6) is -1.64. The van der Waals surface area contributed by atoms with Crippen molar-refractivity contribution < 1.29 is 24.2 Å². The number of hydrogen-bond acceptors (Lipinski definition) is 4. The maximum atomic E-state index is 12.7. The number of nitrogens with one attached hydrogen (secondary N) is 1.